The van der Waals surface area contributed by atoms with Crippen molar-refractivity contribution >= 4 is 56.3 Å². The topological polar surface area (TPSA) is 173 Å². The summed E-state index contributed by atoms with van der Waals surface area (Å²) in [5.41, 5.74) is -1.73. The highest BCUT2D eigenvalue weighted by Crippen LogP contribution is 2.53. The number of halogens is 1. The fourth-order valence-corrected chi connectivity index (χ4v) is 10.0. The number of ether oxygens (including phenoxy) is 2. The maximum Gasteiger partial charge on any atom is 0.408 e. The van der Waals surface area contributed by atoms with Crippen LogP contribution in [0.2, 0.25) is 5.02 Å². The van der Waals surface area contributed by atoms with E-state index in [1.54, 1.807) is 30.5 Å². The predicted molar refractivity (Wildman–Crippen MR) is 202 cm³/mol. The van der Waals surface area contributed by atoms with Crippen molar-refractivity contribution < 1.29 is 37.1 Å². The van der Waals surface area contributed by atoms with E-state index in [0.717, 1.165) is 38.5 Å². The minimum absolute atomic E-state index is 0.0115. The highest BCUT2D eigenvalue weighted by Gasteiger charge is 2.64. The third kappa shape index (κ3) is 7.78. The first-order valence-corrected chi connectivity index (χ1v) is 20.9. The molecule has 4 aliphatic carbocycles. The second-order valence-corrected chi connectivity index (χ2v) is 19.5. The highest BCUT2D eigenvalue weighted by atomic mass is 35.5. The van der Waals surface area contributed by atoms with E-state index >= 15 is 0 Å². The van der Waals surface area contributed by atoms with Crippen LogP contribution in [0.1, 0.15) is 91.4 Å². The van der Waals surface area contributed by atoms with Crippen LogP contribution < -0.4 is 20.1 Å². The summed E-state index contributed by atoms with van der Waals surface area (Å²) in [4.78, 5) is 61.8. The standard InChI is InChI=1S/C39H50ClN5O8S/c1-5-24-21-39(24,35(48)44-54(50,51)38(15-16-38)20-23-10-11-23)43-33(46)30-19-27(52-31-14-17-41-29-18-25(40)12-13-28(29)31)22-45(30)34(47)32(37(2,3)4)42-36(49)53-26-8-6-7-9-26/h5,12-14,17-18,23-24,26-27,30,32H,1,6-11,15-16,19-22H2,2-4H3,(H,42,49)(H,43,46)(H,44,48)/t24-,27-,30+,32-,39-/m1/s1. The van der Waals surface area contributed by atoms with E-state index in [4.69, 9.17) is 21.1 Å². The van der Waals surface area contributed by atoms with Gasteiger partial charge in [0.15, 0.2) is 0 Å². The largest absolute Gasteiger partial charge is 0.488 e. The fraction of sp³-hybridized carbons (Fsp3) is 0.615. The Labute approximate surface area is 321 Å². The van der Waals surface area contributed by atoms with Crippen LogP contribution in [0.3, 0.4) is 0 Å². The lowest BCUT2D eigenvalue weighted by molar-refractivity contribution is -0.143. The number of hydrogen-bond acceptors (Lipinski definition) is 9. The van der Waals surface area contributed by atoms with Gasteiger partial charge in [0.05, 0.1) is 16.8 Å². The molecule has 7 rings (SSSR count). The number of rotatable bonds is 13. The van der Waals surface area contributed by atoms with Crippen molar-refractivity contribution in [3.05, 3.63) is 48.1 Å². The summed E-state index contributed by atoms with van der Waals surface area (Å²) in [6, 6.07) is 4.71. The van der Waals surface area contributed by atoms with Crippen LogP contribution in [0.15, 0.2) is 43.1 Å². The maximum atomic E-state index is 14.6. The fourth-order valence-electron chi connectivity index (χ4n) is 8.10. The molecule has 0 bridgehead atoms. The molecule has 13 nitrogen and oxygen atoms in total. The van der Waals surface area contributed by atoms with Gasteiger partial charge in [0.2, 0.25) is 21.8 Å². The van der Waals surface area contributed by atoms with E-state index < -0.39 is 73.6 Å². The van der Waals surface area contributed by atoms with Gasteiger partial charge in [-0.2, -0.15) is 0 Å². The van der Waals surface area contributed by atoms with Crippen LogP contribution in [0, 0.1) is 17.3 Å². The molecule has 4 amide bonds. The highest BCUT2D eigenvalue weighted by molar-refractivity contribution is 7.91. The number of likely N-dealkylation sites (tertiary alicyclic amines) is 1. The number of fused-ring (bicyclic) bond motifs is 1. The lowest BCUT2D eigenvalue weighted by atomic mass is 9.85. The van der Waals surface area contributed by atoms with Gasteiger partial charge < -0.3 is 25.0 Å². The SMILES string of the molecule is C=C[C@@H]1C[C@]1(NC(=O)[C@@H]1C[C@@H](Oc2ccnc3cc(Cl)ccc23)CN1C(=O)[C@@H](NC(=O)OC1CCCC1)C(C)(C)C)C(=O)NS(=O)(=O)C1(CC2CC2)CC1. The lowest BCUT2D eigenvalue weighted by Crippen LogP contribution is -2.60. The van der Waals surface area contributed by atoms with Gasteiger partial charge in [-0.1, -0.05) is 51.3 Å². The van der Waals surface area contributed by atoms with Gasteiger partial charge in [-0.15, -0.1) is 6.58 Å². The molecule has 3 N–H and O–H groups in total. The first-order valence-electron chi connectivity index (χ1n) is 19.0. The van der Waals surface area contributed by atoms with Crippen molar-refractivity contribution in [2.45, 2.75) is 126 Å². The van der Waals surface area contributed by atoms with Crippen LogP contribution in [-0.4, -0.2) is 83.2 Å². The first-order chi connectivity index (χ1) is 25.5. The van der Waals surface area contributed by atoms with Crippen LogP contribution in [0.4, 0.5) is 4.79 Å². The summed E-state index contributed by atoms with van der Waals surface area (Å²) < 4.78 is 40.6. The van der Waals surface area contributed by atoms with Gasteiger partial charge in [0.25, 0.3) is 5.91 Å². The van der Waals surface area contributed by atoms with Crippen molar-refractivity contribution in [3.8, 4) is 5.75 Å². The molecule has 0 radical (unpaired) electrons. The molecule has 1 saturated heterocycles. The van der Waals surface area contributed by atoms with Crippen LogP contribution in [-0.2, 0) is 29.1 Å². The van der Waals surface area contributed by atoms with Crippen molar-refractivity contribution in [2.24, 2.45) is 17.3 Å². The summed E-state index contributed by atoms with van der Waals surface area (Å²) in [6.07, 6.45) is 8.66. The van der Waals surface area contributed by atoms with E-state index in [1.165, 1.54) is 11.0 Å². The van der Waals surface area contributed by atoms with E-state index in [-0.39, 0.29) is 25.5 Å². The lowest BCUT2D eigenvalue weighted by Gasteiger charge is -2.35. The Morgan fingerprint density at radius 3 is 2.44 bits per heavy atom. The molecule has 5 fully saturated rings. The Balaban J connectivity index is 1.14. The molecular weight excluding hydrogens is 734 g/mol. The molecule has 292 valence electrons. The number of sulfonamides is 1. The van der Waals surface area contributed by atoms with E-state index in [1.807, 2.05) is 20.8 Å². The monoisotopic (exact) mass is 783 g/mol. The van der Waals surface area contributed by atoms with Crippen molar-refractivity contribution in [2.75, 3.05) is 6.54 Å². The van der Waals surface area contributed by atoms with Crippen LogP contribution in [0.25, 0.3) is 10.9 Å². The van der Waals surface area contributed by atoms with E-state index in [0.29, 0.717) is 46.9 Å². The molecule has 5 atom stereocenters. The number of carbonyl (C=O) groups excluding carboxylic acids is 4. The predicted octanol–water partition coefficient (Wildman–Crippen LogP) is 5.16. The first kappa shape index (κ1) is 38.4. The number of benzene rings is 1. The minimum Gasteiger partial charge on any atom is -0.488 e. The van der Waals surface area contributed by atoms with Gasteiger partial charge in [-0.05, 0) is 87.0 Å². The van der Waals surface area contributed by atoms with Crippen molar-refractivity contribution in [3.63, 3.8) is 0 Å². The second kappa shape index (κ2) is 14.3. The smallest absolute Gasteiger partial charge is 0.408 e. The number of carbonyl (C=O) groups is 4. The molecule has 1 aromatic carbocycles. The average Bonchev–Trinajstić information content (AvgIpc) is 4.08. The van der Waals surface area contributed by atoms with Gasteiger partial charge in [0, 0.05) is 28.9 Å². The normalized spacial score (nSPS) is 26.8. The molecule has 5 aliphatic rings. The zero-order valence-electron chi connectivity index (χ0n) is 31.1. The average molecular weight is 784 g/mol. The maximum absolute atomic E-state index is 14.6. The van der Waals surface area contributed by atoms with Crippen molar-refractivity contribution in [1.82, 2.24) is 25.2 Å². The van der Waals surface area contributed by atoms with Gasteiger partial charge >= 0.3 is 6.09 Å². The molecule has 15 heteroatoms. The van der Waals surface area contributed by atoms with Crippen molar-refractivity contribution in [1.29, 1.82) is 0 Å². The Bertz CT molecular complexity index is 1950. The Morgan fingerprint density at radius 2 is 1.81 bits per heavy atom. The molecule has 0 spiro atoms. The van der Waals surface area contributed by atoms with Gasteiger partial charge in [-0.25, -0.2) is 13.2 Å². The third-order valence-electron chi connectivity index (χ3n) is 11.8. The van der Waals surface area contributed by atoms with E-state index in [2.05, 4.69) is 26.9 Å². The molecule has 2 aromatic rings. The Morgan fingerprint density at radius 1 is 1.09 bits per heavy atom. The quantitative estimate of drug-likeness (QED) is 0.232. The molecule has 54 heavy (non-hydrogen) atoms. The Hall–Kier alpha value is -3.91. The number of nitrogens with one attached hydrogen (secondary N) is 3. The Kier molecular flexibility index (Phi) is 10.2. The number of alkyl carbamates (subject to hydrolysis) is 1. The summed E-state index contributed by atoms with van der Waals surface area (Å²) in [7, 11) is -4.00. The van der Waals surface area contributed by atoms with Crippen LogP contribution in [0.5, 0.6) is 5.75 Å². The molecule has 0 unspecified atom stereocenters. The van der Waals surface area contributed by atoms with Gasteiger partial charge in [-0.3, -0.25) is 24.1 Å². The number of pyridine rings is 1. The molecule has 1 aromatic heterocycles. The van der Waals surface area contributed by atoms with Crippen LogP contribution >= 0.6 is 11.6 Å². The molecule has 2 heterocycles. The number of amides is 4. The number of nitrogens with zero attached hydrogens (tertiary/aromatic N) is 2. The van der Waals surface area contributed by atoms with E-state index in [9.17, 15) is 27.6 Å². The summed E-state index contributed by atoms with van der Waals surface area (Å²) in [5.74, 6) is -1.64. The molecule has 1 aliphatic heterocycles. The van der Waals surface area contributed by atoms with Gasteiger partial charge in [0.1, 0.15) is 35.6 Å². The third-order valence-corrected chi connectivity index (χ3v) is 14.2. The number of hydrogen-bond donors (Lipinski definition) is 3. The minimum atomic E-state index is -4.00. The summed E-state index contributed by atoms with van der Waals surface area (Å²) in [5, 5.41) is 6.84. The zero-order chi connectivity index (χ0) is 38.6. The molecule has 4 saturated carbocycles. The second-order valence-electron chi connectivity index (χ2n) is 17.0. The number of aromatic nitrogens is 1. The molecular formula is C39H50ClN5O8S. The zero-order valence-corrected chi connectivity index (χ0v) is 32.6. The summed E-state index contributed by atoms with van der Waals surface area (Å²) >= 11 is 6.21. The summed E-state index contributed by atoms with van der Waals surface area (Å²) in [6.45, 7) is 9.25.